The maximum absolute atomic E-state index is 15.5. The molecule has 1 aromatic carbocycles. The zero-order valence-electron chi connectivity index (χ0n) is 23.0. The number of aromatic nitrogens is 2. The average Bonchev–Trinajstić information content (AvgIpc) is 3.20. The number of methoxy groups -OCH3 is 1. The van der Waals surface area contributed by atoms with Crippen molar-refractivity contribution in [2.75, 3.05) is 37.6 Å². The third-order valence-corrected chi connectivity index (χ3v) is 6.25. The second kappa shape index (κ2) is 15.9. The standard InChI is InChI=1S/C27H34F2N4O9/c1-39-15-16-40-26(38)32-20-13-14-30-25(37)33(20)24-27(28,29)23(19(17-34)41-24)42-22(36)12-8-3-2-7-11-21(35)31-18-9-5-4-6-10-18/h4-6,9-10,13-14,19,23-24,34H,2-3,7-8,11-12,15-17H2,1H3,(H,31,35)(H,32,38)/t19-,23-,24-/m1/s1. The molecule has 13 nitrogen and oxygen atoms in total. The Morgan fingerprint density at radius 1 is 1.05 bits per heavy atom. The van der Waals surface area contributed by atoms with Crippen LogP contribution in [0.4, 0.5) is 25.1 Å². The van der Waals surface area contributed by atoms with E-state index in [1.165, 1.54) is 7.11 Å². The number of ether oxygens (including phenoxy) is 4. The number of halogens is 2. The number of hydrogen-bond donors (Lipinski definition) is 3. The smallest absolute Gasteiger partial charge is 0.412 e. The van der Waals surface area contributed by atoms with Gasteiger partial charge in [0.2, 0.25) is 12.1 Å². The Hall–Kier alpha value is -3.95. The lowest BCUT2D eigenvalue weighted by atomic mass is 10.1. The van der Waals surface area contributed by atoms with Gasteiger partial charge in [0, 0.05) is 31.8 Å². The summed E-state index contributed by atoms with van der Waals surface area (Å²) in [6, 6.07) is 10.1. The maximum atomic E-state index is 15.5. The molecule has 0 aliphatic carbocycles. The second-order valence-electron chi connectivity index (χ2n) is 9.36. The number of amides is 2. The average molecular weight is 597 g/mol. The fraction of sp³-hybridized carbons (Fsp3) is 0.519. The molecular weight excluding hydrogens is 562 g/mol. The van der Waals surface area contributed by atoms with E-state index in [0.717, 1.165) is 12.3 Å². The number of unbranched alkanes of at least 4 members (excludes halogenated alkanes) is 3. The molecule has 0 saturated carbocycles. The minimum absolute atomic E-state index is 0.0809. The lowest BCUT2D eigenvalue weighted by Crippen LogP contribution is -2.45. The minimum Gasteiger partial charge on any atom is -0.453 e. The Morgan fingerprint density at radius 2 is 1.76 bits per heavy atom. The number of hydrogen-bond acceptors (Lipinski definition) is 10. The Kier molecular flexibility index (Phi) is 12.3. The van der Waals surface area contributed by atoms with Crippen molar-refractivity contribution in [3.8, 4) is 0 Å². The number of alkyl halides is 2. The first-order valence-corrected chi connectivity index (χ1v) is 13.4. The van der Waals surface area contributed by atoms with Crippen LogP contribution in [0.25, 0.3) is 0 Å². The number of aliphatic hydroxyl groups is 1. The van der Waals surface area contributed by atoms with Gasteiger partial charge < -0.3 is 29.4 Å². The summed E-state index contributed by atoms with van der Waals surface area (Å²) in [7, 11) is 1.39. The lowest BCUT2D eigenvalue weighted by molar-refractivity contribution is -0.176. The number of para-hydroxylation sites is 1. The number of carbonyl (C=O) groups excluding carboxylic acids is 3. The molecule has 3 N–H and O–H groups in total. The van der Waals surface area contributed by atoms with Crippen molar-refractivity contribution in [1.29, 1.82) is 0 Å². The van der Waals surface area contributed by atoms with Gasteiger partial charge >= 0.3 is 23.7 Å². The van der Waals surface area contributed by atoms with Crippen molar-refractivity contribution in [2.45, 2.75) is 62.9 Å². The van der Waals surface area contributed by atoms with Gasteiger partial charge in [-0.1, -0.05) is 31.0 Å². The van der Waals surface area contributed by atoms with E-state index in [1.807, 2.05) is 18.2 Å². The van der Waals surface area contributed by atoms with Crippen LogP contribution in [0.3, 0.4) is 0 Å². The number of anilines is 2. The number of esters is 1. The van der Waals surface area contributed by atoms with Gasteiger partial charge in [0.15, 0.2) is 6.10 Å². The summed E-state index contributed by atoms with van der Waals surface area (Å²) in [6.07, 6.45) is -4.09. The van der Waals surface area contributed by atoms with E-state index in [1.54, 1.807) is 12.1 Å². The Bertz CT molecular complexity index is 1250. The highest BCUT2D eigenvalue weighted by molar-refractivity contribution is 5.90. The molecule has 1 aliphatic rings. The van der Waals surface area contributed by atoms with Crippen LogP contribution in [0, 0.1) is 0 Å². The molecule has 230 valence electrons. The molecule has 1 fully saturated rings. The van der Waals surface area contributed by atoms with Crippen molar-refractivity contribution in [1.82, 2.24) is 9.55 Å². The fourth-order valence-electron chi connectivity index (χ4n) is 4.20. The van der Waals surface area contributed by atoms with Crippen molar-refractivity contribution in [2.24, 2.45) is 0 Å². The molecule has 0 bridgehead atoms. The van der Waals surface area contributed by atoms with Crippen molar-refractivity contribution < 1.29 is 47.2 Å². The summed E-state index contributed by atoms with van der Waals surface area (Å²) in [5.41, 5.74) is -0.488. The number of aliphatic hydroxyl groups excluding tert-OH is 1. The molecule has 0 spiro atoms. The van der Waals surface area contributed by atoms with Crippen LogP contribution in [0.2, 0.25) is 0 Å². The summed E-state index contributed by atoms with van der Waals surface area (Å²) < 4.78 is 51.3. The summed E-state index contributed by atoms with van der Waals surface area (Å²) in [5.74, 6) is -5.48. The van der Waals surface area contributed by atoms with E-state index >= 15 is 8.78 Å². The normalized spacial score (nSPS) is 19.2. The molecule has 2 aromatic rings. The van der Waals surface area contributed by atoms with E-state index in [2.05, 4.69) is 15.6 Å². The molecular formula is C27H34F2N4O9. The van der Waals surface area contributed by atoms with Gasteiger partial charge in [-0.3, -0.25) is 14.9 Å². The number of rotatable bonds is 15. The highest BCUT2D eigenvalue weighted by atomic mass is 19.3. The third-order valence-electron chi connectivity index (χ3n) is 6.25. The predicted octanol–water partition coefficient (Wildman–Crippen LogP) is 2.85. The summed E-state index contributed by atoms with van der Waals surface area (Å²) in [4.78, 5) is 52.4. The molecule has 0 radical (unpaired) electrons. The number of carbonyl (C=O) groups is 3. The number of benzene rings is 1. The van der Waals surface area contributed by atoms with Crippen LogP contribution in [0.1, 0.15) is 44.8 Å². The SMILES string of the molecule is COCCOC(=O)Nc1ccnc(=O)n1[C@@H]1O[C@H](CO)[C@@H](OC(=O)CCCCCCC(=O)Nc2ccccc2)C1(F)F. The van der Waals surface area contributed by atoms with Crippen LogP contribution >= 0.6 is 0 Å². The van der Waals surface area contributed by atoms with Gasteiger partial charge in [0.25, 0.3) is 0 Å². The number of nitrogens with one attached hydrogen (secondary N) is 2. The Morgan fingerprint density at radius 3 is 2.45 bits per heavy atom. The highest BCUT2D eigenvalue weighted by Gasteiger charge is 2.62. The van der Waals surface area contributed by atoms with Gasteiger partial charge in [-0.2, -0.15) is 8.78 Å². The largest absolute Gasteiger partial charge is 0.453 e. The van der Waals surface area contributed by atoms with E-state index in [-0.39, 0.29) is 25.5 Å². The van der Waals surface area contributed by atoms with Gasteiger partial charge in [-0.15, -0.1) is 0 Å². The first-order valence-electron chi connectivity index (χ1n) is 13.4. The van der Waals surface area contributed by atoms with Crippen molar-refractivity contribution >= 4 is 29.5 Å². The summed E-state index contributed by atoms with van der Waals surface area (Å²) in [6.45, 7) is -0.995. The molecule has 42 heavy (non-hydrogen) atoms. The predicted molar refractivity (Wildman–Crippen MR) is 144 cm³/mol. The molecule has 3 rings (SSSR count). The molecule has 2 heterocycles. The second-order valence-corrected chi connectivity index (χ2v) is 9.36. The van der Waals surface area contributed by atoms with Gasteiger partial charge in [0.05, 0.1) is 13.2 Å². The zero-order valence-corrected chi connectivity index (χ0v) is 23.0. The van der Waals surface area contributed by atoms with Gasteiger partial charge in [-0.25, -0.2) is 19.1 Å². The Balaban J connectivity index is 1.52. The molecule has 2 amide bonds. The summed E-state index contributed by atoms with van der Waals surface area (Å²) >= 11 is 0. The van der Waals surface area contributed by atoms with Crippen molar-refractivity contribution in [3.63, 3.8) is 0 Å². The number of nitrogens with zero attached hydrogens (tertiary/aromatic N) is 2. The molecule has 1 aliphatic heterocycles. The van der Waals surface area contributed by atoms with Gasteiger partial charge in [0.1, 0.15) is 18.5 Å². The van der Waals surface area contributed by atoms with Crippen LogP contribution in [0.5, 0.6) is 0 Å². The molecule has 1 aromatic heterocycles. The third kappa shape index (κ3) is 9.03. The van der Waals surface area contributed by atoms with Crippen LogP contribution < -0.4 is 16.3 Å². The fourth-order valence-corrected chi connectivity index (χ4v) is 4.20. The monoisotopic (exact) mass is 596 g/mol. The summed E-state index contributed by atoms with van der Waals surface area (Å²) in [5, 5.41) is 14.6. The first-order chi connectivity index (χ1) is 20.2. The molecule has 3 atom stereocenters. The van der Waals surface area contributed by atoms with E-state index in [4.69, 9.17) is 18.9 Å². The van der Waals surface area contributed by atoms with Crippen LogP contribution in [-0.4, -0.2) is 77.7 Å². The molecule has 0 unspecified atom stereocenters. The van der Waals surface area contributed by atoms with Crippen molar-refractivity contribution in [3.05, 3.63) is 53.1 Å². The van der Waals surface area contributed by atoms with E-state index in [0.29, 0.717) is 42.4 Å². The van der Waals surface area contributed by atoms with E-state index < -0.39 is 54.5 Å². The zero-order chi connectivity index (χ0) is 30.5. The minimum atomic E-state index is -3.99. The highest BCUT2D eigenvalue weighted by Crippen LogP contribution is 2.45. The van der Waals surface area contributed by atoms with E-state index in [9.17, 15) is 24.3 Å². The lowest BCUT2D eigenvalue weighted by Gasteiger charge is -2.25. The van der Waals surface area contributed by atoms with Crippen LogP contribution in [0.15, 0.2) is 47.4 Å². The van der Waals surface area contributed by atoms with Gasteiger partial charge in [-0.05, 0) is 31.0 Å². The molecule has 1 saturated heterocycles. The topological polar surface area (TPSA) is 167 Å². The Labute approximate surface area is 240 Å². The quantitative estimate of drug-likeness (QED) is 0.205. The maximum Gasteiger partial charge on any atom is 0.412 e. The van der Waals surface area contributed by atoms with Crippen LogP contribution in [-0.2, 0) is 28.5 Å². The first kappa shape index (κ1) is 32.6. The molecule has 15 heteroatoms.